The first-order chi connectivity index (χ1) is 10.2. The van der Waals surface area contributed by atoms with Crippen molar-refractivity contribution in [3.8, 4) is 28.4 Å². The molecule has 2 N–H and O–H groups in total. The molecular formula is C16H12N2O3. The van der Waals surface area contributed by atoms with Gasteiger partial charge in [-0.05, 0) is 36.4 Å². The highest BCUT2D eigenvalue weighted by Gasteiger charge is 2.12. The predicted octanol–water partition coefficient (Wildman–Crippen LogP) is 2.76. The highest BCUT2D eigenvalue weighted by atomic mass is 16.3. The Hall–Kier alpha value is -3.08. The number of phenols is 2. The lowest BCUT2D eigenvalue weighted by molar-refractivity contribution is 0.112. The Morgan fingerprint density at radius 3 is 2.43 bits per heavy atom. The zero-order valence-electron chi connectivity index (χ0n) is 11.0. The highest BCUT2D eigenvalue weighted by molar-refractivity contribution is 5.85. The molecule has 0 radical (unpaired) electrons. The molecule has 0 saturated heterocycles. The van der Waals surface area contributed by atoms with E-state index >= 15 is 0 Å². The fourth-order valence-electron chi connectivity index (χ4n) is 2.09. The second-order valence-corrected chi connectivity index (χ2v) is 4.56. The van der Waals surface area contributed by atoms with Gasteiger partial charge in [0.25, 0.3) is 0 Å². The Morgan fingerprint density at radius 2 is 1.76 bits per heavy atom. The Morgan fingerprint density at radius 1 is 1.00 bits per heavy atom. The Kier molecular flexibility index (Phi) is 3.16. The van der Waals surface area contributed by atoms with E-state index in [9.17, 15) is 15.0 Å². The number of phenolic OH excluding ortho intramolecular Hbond substituents is 2. The molecule has 0 aliphatic rings. The van der Waals surface area contributed by atoms with E-state index < -0.39 is 0 Å². The van der Waals surface area contributed by atoms with Crippen molar-refractivity contribution in [2.75, 3.05) is 0 Å². The quantitative estimate of drug-likeness (QED) is 0.723. The smallest absolute Gasteiger partial charge is 0.153 e. The van der Waals surface area contributed by atoms with Crippen LogP contribution in [0.25, 0.3) is 16.9 Å². The standard InChI is InChI=1S/C16H12N2O3/c19-10-12-9-18(13-4-6-14(20)7-5-13)17-16(12)11-2-1-3-15(21)8-11/h1-10,20-21H. The maximum atomic E-state index is 11.2. The fraction of sp³-hybridized carbons (Fsp3) is 0. The van der Waals surface area contributed by atoms with Gasteiger partial charge < -0.3 is 10.2 Å². The number of hydrogen-bond donors (Lipinski definition) is 2. The van der Waals surface area contributed by atoms with Crippen LogP contribution in [0.5, 0.6) is 11.5 Å². The minimum Gasteiger partial charge on any atom is -0.508 e. The number of rotatable bonds is 3. The third-order valence-electron chi connectivity index (χ3n) is 3.10. The van der Waals surface area contributed by atoms with E-state index in [4.69, 9.17) is 0 Å². The minimum absolute atomic E-state index is 0.114. The van der Waals surface area contributed by atoms with Crippen LogP contribution in [0, 0.1) is 0 Å². The van der Waals surface area contributed by atoms with Gasteiger partial charge in [-0.15, -0.1) is 0 Å². The van der Waals surface area contributed by atoms with E-state index in [1.807, 2.05) is 0 Å². The summed E-state index contributed by atoms with van der Waals surface area (Å²) in [7, 11) is 0. The van der Waals surface area contributed by atoms with Gasteiger partial charge in [-0.3, -0.25) is 4.79 Å². The van der Waals surface area contributed by atoms with E-state index in [-0.39, 0.29) is 11.5 Å². The van der Waals surface area contributed by atoms with E-state index in [1.165, 1.54) is 0 Å². The van der Waals surface area contributed by atoms with Gasteiger partial charge in [0.2, 0.25) is 0 Å². The number of aromatic hydroxyl groups is 2. The molecule has 21 heavy (non-hydrogen) atoms. The lowest BCUT2D eigenvalue weighted by Gasteiger charge is -2.01. The summed E-state index contributed by atoms with van der Waals surface area (Å²) in [5.74, 6) is 0.276. The van der Waals surface area contributed by atoms with Gasteiger partial charge in [-0.2, -0.15) is 5.10 Å². The zero-order chi connectivity index (χ0) is 14.8. The Bertz CT molecular complexity index is 792. The molecule has 0 fully saturated rings. The van der Waals surface area contributed by atoms with Crippen molar-refractivity contribution in [3.05, 3.63) is 60.3 Å². The van der Waals surface area contributed by atoms with Crippen LogP contribution in [0.3, 0.4) is 0 Å². The summed E-state index contributed by atoms with van der Waals surface area (Å²) in [5, 5.41) is 23.2. The van der Waals surface area contributed by atoms with Crippen LogP contribution in [-0.2, 0) is 0 Å². The molecule has 5 heteroatoms. The third-order valence-corrected chi connectivity index (χ3v) is 3.10. The third kappa shape index (κ3) is 2.49. The molecule has 3 rings (SSSR count). The number of aromatic nitrogens is 2. The molecule has 0 aliphatic heterocycles. The minimum atomic E-state index is 0.114. The number of aldehydes is 1. The van der Waals surface area contributed by atoms with Crippen LogP contribution in [-0.4, -0.2) is 26.3 Å². The van der Waals surface area contributed by atoms with Crippen molar-refractivity contribution in [2.24, 2.45) is 0 Å². The molecule has 0 bridgehead atoms. The molecule has 104 valence electrons. The van der Waals surface area contributed by atoms with E-state index in [0.717, 1.165) is 12.0 Å². The van der Waals surface area contributed by atoms with Crippen molar-refractivity contribution < 1.29 is 15.0 Å². The zero-order valence-corrected chi connectivity index (χ0v) is 11.0. The predicted molar refractivity (Wildman–Crippen MR) is 77.7 cm³/mol. The SMILES string of the molecule is O=Cc1cn(-c2ccc(O)cc2)nc1-c1cccc(O)c1. The summed E-state index contributed by atoms with van der Waals surface area (Å²) in [6.45, 7) is 0. The van der Waals surface area contributed by atoms with Crippen LogP contribution in [0.4, 0.5) is 0 Å². The molecule has 2 aromatic carbocycles. The highest BCUT2D eigenvalue weighted by Crippen LogP contribution is 2.25. The molecule has 1 heterocycles. The van der Waals surface area contributed by atoms with Gasteiger partial charge in [0.05, 0.1) is 11.3 Å². The summed E-state index contributed by atoms with van der Waals surface area (Å²) in [6.07, 6.45) is 2.34. The lowest BCUT2D eigenvalue weighted by Crippen LogP contribution is -1.94. The molecule has 0 unspecified atom stereocenters. The van der Waals surface area contributed by atoms with Gasteiger partial charge in [0.1, 0.15) is 17.2 Å². The fourth-order valence-corrected chi connectivity index (χ4v) is 2.09. The van der Waals surface area contributed by atoms with Gasteiger partial charge in [0, 0.05) is 11.8 Å². The summed E-state index contributed by atoms with van der Waals surface area (Å²) in [4.78, 5) is 11.2. The van der Waals surface area contributed by atoms with E-state index in [0.29, 0.717) is 16.8 Å². The normalized spacial score (nSPS) is 10.5. The van der Waals surface area contributed by atoms with E-state index in [1.54, 1.807) is 59.4 Å². The molecule has 3 aromatic rings. The number of hydrogen-bond acceptors (Lipinski definition) is 4. The van der Waals surface area contributed by atoms with Gasteiger partial charge in [-0.1, -0.05) is 12.1 Å². The molecule has 5 nitrogen and oxygen atoms in total. The topological polar surface area (TPSA) is 75.4 Å². The number of carbonyl (C=O) groups excluding carboxylic acids is 1. The molecule has 0 aliphatic carbocycles. The Balaban J connectivity index is 2.10. The van der Waals surface area contributed by atoms with Gasteiger partial charge >= 0.3 is 0 Å². The maximum absolute atomic E-state index is 11.2. The van der Waals surface area contributed by atoms with Crippen molar-refractivity contribution in [1.29, 1.82) is 0 Å². The summed E-state index contributed by atoms with van der Waals surface area (Å²) < 4.78 is 1.56. The van der Waals surface area contributed by atoms with Crippen LogP contribution in [0.15, 0.2) is 54.7 Å². The van der Waals surface area contributed by atoms with Gasteiger partial charge in [0.15, 0.2) is 6.29 Å². The number of nitrogens with zero attached hydrogens (tertiary/aromatic N) is 2. The molecule has 1 aromatic heterocycles. The lowest BCUT2D eigenvalue weighted by atomic mass is 10.1. The maximum Gasteiger partial charge on any atom is 0.153 e. The van der Waals surface area contributed by atoms with Crippen LogP contribution >= 0.6 is 0 Å². The molecular weight excluding hydrogens is 268 g/mol. The first kappa shape index (κ1) is 12.9. The van der Waals surface area contributed by atoms with Crippen molar-refractivity contribution in [1.82, 2.24) is 9.78 Å². The van der Waals surface area contributed by atoms with Crippen LogP contribution in [0.1, 0.15) is 10.4 Å². The first-order valence-electron chi connectivity index (χ1n) is 6.31. The molecule has 0 spiro atoms. The Labute approximate surface area is 120 Å². The van der Waals surface area contributed by atoms with Crippen LogP contribution < -0.4 is 0 Å². The summed E-state index contributed by atoms with van der Waals surface area (Å²) in [6, 6.07) is 13.1. The monoisotopic (exact) mass is 280 g/mol. The largest absolute Gasteiger partial charge is 0.508 e. The second kappa shape index (κ2) is 5.13. The average molecular weight is 280 g/mol. The number of benzene rings is 2. The van der Waals surface area contributed by atoms with Crippen molar-refractivity contribution in [2.45, 2.75) is 0 Å². The van der Waals surface area contributed by atoms with Crippen molar-refractivity contribution >= 4 is 6.29 Å². The molecule has 0 atom stereocenters. The summed E-state index contributed by atoms with van der Waals surface area (Å²) >= 11 is 0. The molecule has 0 amide bonds. The summed E-state index contributed by atoms with van der Waals surface area (Å²) in [5.41, 5.74) is 2.31. The van der Waals surface area contributed by atoms with Gasteiger partial charge in [-0.25, -0.2) is 4.68 Å². The second-order valence-electron chi connectivity index (χ2n) is 4.56. The average Bonchev–Trinajstić information content (AvgIpc) is 2.92. The van der Waals surface area contributed by atoms with E-state index in [2.05, 4.69) is 5.10 Å². The van der Waals surface area contributed by atoms with Crippen molar-refractivity contribution in [3.63, 3.8) is 0 Å². The first-order valence-corrected chi connectivity index (χ1v) is 6.31. The van der Waals surface area contributed by atoms with Crippen LogP contribution in [0.2, 0.25) is 0 Å². The number of carbonyl (C=O) groups is 1. The molecule has 0 saturated carbocycles.